The number of alkyl halides is 2. The lowest BCUT2D eigenvalue weighted by molar-refractivity contribution is 0.234. The minimum atomic E-state index is -4.60. The van der Waals surface area contributed by atoms with E-state index >= 15 is 0 Å². The van der Waals surface area contributed by atoms with Gasteiger partial charge in [-0.25, -0.2) is 18.4 Å². The van der Waals surface area contributed by atoms with Crippen LogP contribution in [-0.2, 0) is 9.84 Å². The number of thiazole rings is 1. The minimum absolute atomic E-state index is 0.307. The Bertz CT molecular complexity index is 561. The molecule has 0 aromatic carbocycles. The van der Waals surface area contributed by atoms with Gasteiger partial charge in [-0.1, -0.05) is 11.3 Å². The minimum Gasteiger partial charge on any atom is -0.244 e. The Hall–Kier alpha value is -1.15. The van der Waals surface area contributed by atoms with Crippen LogP contribution in [0, 0.1) is 0 Å². The molecule has 15 heavy (non-hydrogen) atoms. The van der Waals surface area contributed by atoms with Gasteiger partial charge in [0.15, 0.2) is 0 Å². The Morgan fingerprint density at radius 1 is 1.40 bits per heavy atom. The largest absolute Gasteiger partial charge is 0.343 e. The number of halogens is 2. The fourth-order valence-electron chi connectivity index (χ4n) is 0.948. The molecule has 0 spiro atoms. The molecule has 2 aromatic rings. The normalized spacial score (nSPS) is 12.5. The van der Waals surface area contributed by atoms with Crippen molar-refractivity contribution in [3.63, 3.8) is 0 Å². The van der Waals surface area contributed by atoms with Gasteiger partial charge in [0.25, 0.3) is 9.84 Å². The third-order valence-electron chi connectivity index (χ3n) is 1.62. The van der Waals surface area contributed by atoms with E-state index in [2.05, 4.69) is 9.97 Å². The van der Waals surface area contributed by atoms with Crippen LogP contribution in [0.25, 0.3) is 10.3 Å². The maximum atomic E-state index is 12.2. The number of pyridine rings is 1. The molecule has 0 saturated carbocycles. The van der Waals surface area contributed by atoms with Gasteiger partial charge in [-0.15, -0.1) is 0 Å². The van der Waals surface area contributed by atoms with E-state index in [4.69, 9.17) is 0 Å². The van der Waals surface area contributed by atoms with Gasteiger partial charge in [0, 0.05) is 6.20 Å². The van der Waals surface area contributed by atoms with Crippen molar-refractivity contribution in [2.45, 2.75) is 10.1 Å². The zero-order chi connectivity index (χ0) is 11.1. The van der Waals surface area contributed by atoms with E-state index in [0.717, 1.165) is 0 Å². The van der Waals surface area contributed by atoms with Crippen LogP contribution in [0.3, 0.4) is 0 Å². The van der Waals surface area contributed by atoms with Crippen LogP contribution in [0.5, 0.6) is 0 Å². The summed E-state index contributed by atoms with van der Waals surface area (Å²) in [5.74, 6) is -3.45. The second-order valence-corrected chi connectivity index (χ2v) is 5.68. The molecule has 0 saturated heterocycles. The highest BCUT2D eigenvalue weighted by atomic mass is 32.2. The van der Waals surface area contributed by atoms with E-state index in [1.165, 1.54) is 12.3 Å². The Kier molecular flexibility index (Phi) is 2.39. The monoisotopic (exact) mass is 250 g/mol. The molecular weight excluding hydrogens is 246 g/mol. The van der Waals surface area contributed by atoms with Gasteiger partial charge in [-0.2, -0.15) is 8.78 Å². The SMILES string of the molecule is O=S(=O)(c1nc2cccnc2s1)C(F)F. The summed E-state index contributed by atoms with van der Waals surface area (Å²) in [7, 11) is -4.60. The van der Waals surface area contributed by atoms with E-state index in [0.29, 0.717) is 21.7 Å². The number of hydrogen-bond donors (Lipinski definition) is 0. The molecule has 0 amide bonds. The van der Waals surface area contributed by atoms with Crippen molar-refractivity contribution < 1.29 is 17.2 Å². The average molecular weight is 250 g/mol. The van der Waals surface area contributed by atoms with Crippen LogP contribution in [0.15, 0.2) is 22.7 Å². The smallest absolute Gasteiger partial charge is 0.244 e. The molecule has 0 aliphatic rings. The zero-order valence-corrected chi connectivity index (χ0v) is 8.73. The highest BCUT2D eigenvalue weighted by Gasteiger charge is 2.30. The standard InChI is InChI=1S/C7H4F2N2O2S2/c8-6(9)15(12,13)7-11-4-2-1-3-10-5(4)14-7/h1-3,6H. The van der Waals surface area contributed by atoms with Gasteiger partial charge in [0.05, 0.1) is 0 Å². The van der Waals surface area contributed by atoms with Crippen molar-refractivity contribution in [3.8, 4) is 0 Å². The predicted molar refractivity (Wildman–Crippen MR) is 50.6 cm³/mol. The molecule has 0 unspecified atom stereocenters. The zero-order valence-electron chi connectivity index (χ0n) is 7.09. The number of nitrogens with zero attached hydrogens (tertiary/aromatic N) is 2. The molecule has 0 N–H and O–H groups in total. The number of rotatable bonds is 2. The highest BCUT2D eigenvalue weighted by molar-refractivity contribution is 7.93. The molecule has 80 valence electrons. The van der Waals surface area contributed by atoms with Crippen molar-refractivity contribution in [2.24, 2.45) is 0 Å². The molecule has 4 nitrogen and oxygen atoms in total. The van der Waals surface area contributed by atoms with Crippen LogP contribution in [0.1, 0.15) is 0 Å². The lowest BCUT2D eigenvalue weighted by Gasteiger charge is -1.95. The van der Waals surface area contributed by atoms with Gasteiger partial charge in [0.2, 0.25) is 4.34 Å². The van der Waals surface area contributed by atoms with Gasteiger partial charge >= 0.3 is 5.76 Å². The Balaban J connectivity index is 2.64. The van der Waals surface area contributed by atoms with Gasteiger partial charge < -0.3 is 0 Å². The molecule has 0 radical (unpaired) electrons. The Morgan fingerprint density at radius 3 is 2.73 bits per heavy atom. The summed E-state index contributed by atoms with van der Waals surface area (Å²) in [6.07, 6.45) is 1.44. The third kappa shape index (κ3) is 1.70. The van der Waals surface area contributed by atoms with Crippen molar-refractivity contribution in [3.05, 3.63) is 18.3 Å². The molecule has 8 heteroatoms. The van der Waals surface area contributed by atoms with Crippen molar-refractivity contribution >= 4 is 31.5 Å². The van der Waals surface area contributed by atoms with Crippen LogP contribution in [0.2, 0.25) is 0 Å². The first kappa shape index (κ1) is 10.4. The van der Waals surface area contributed by atoms with E-state index in [1.54, 1.807) is 6.07 Å². The predicted octanol–water partition coefficient (Wildman–Crippen LogP) is 1.69. The second-order valence-electron chi connectivity index (χ2n) is 2.61. The van der Waals surface area contributed by atoms with Gasteiger partial charge in [0.1, 0.15) is 10.3 Å². The molecule has 2 rings (SSSR count). The first-order valence-corrected chi connectivity index (χ1v) is 6.12. The van der Waals surface area contributed by atoms with Crippen LogP contribution in [0.4, 0.5) is 8.78 Å². The lowest BCUT2D eigenvalue weighted by atomic mass is 10.5. The van der Waals surface area contributed by atoms with Crippen LogP contribution in [-0.4, -0.2) is 24.1 Å². The van der Waals surface area contributed by atoms with Crippen molar-refractivity contribution in [2.75, 3.05) is 0 Å². The molecule has 0 aliphatic heterocycles. The Labute approximate surface area is 87.5 Å². The molecule has 0 bridgehead atoms. The fraction of sp³-hybridized carbons (Fsp3) is 0.143. The summed E-state index contributed by atoms with van der Waals surface area (Å²) in [4.78, 5) is 7.75. The number of sulfone groups is 1. The van der Waals surface area contributed by atoms with Crippen LogP contribution >= 0.6 is 11.3 Å². The highest BCUT2D eigenvalue weighted by Crippen LogP contribution is 2.26. The summed E-state index contributed by atoms with van der Waals surface area (Å²) in [6.45, 7) is 0. The van der Waals surface area contributed by atoms with E-state index in [-0.39, 0.29) is 0 Å². The van der Waals surface area contributed by atoms with E-state index in [1.807, 2.05) is 0 Å². The maximum Gasteiger partial charge on any atom is 0.343 e. The maximum absolute atomic E-state index is 12.2. The molecule has 0 aliphatic carbocycles. The van der Waals surface area contributed by atoms with Crippen molar-refractivity contribution in [1.82, 2.24) is 9.97 Å². The lowest BCUT2D eigenvalue weighted by Crippen LogP contribution is -2.10. The Morgan fingerprint density at radius 2 is 2.13 bits per heavy atom. The molecule has 2 aromatic heterocycles. The second kappa shape index (κ2) is 3.46. The molecule has 2 heterocycles. The van der Waals surface area contributed by atoms with Gasteiger partial charge in [-0.05, 0) is 12.1 Å². The average Bonchev–Trinajstić information content (AvgIpc) is 2.61. The van der Waals surface area contributed by atoms with E-state index in [9.17, 15) is 17.2 Å². The molecular formula is C7H4F2N2O2S2. The van der Waals surface area contributed by atoms with Crippen molar-refractivity contribution in [1.29, 1.82) is 0 Å². The number of hydrogen-bond acceptors (Lipinski definition) is 5. The molecule has 0 atom stereocenters. The first-order valence-electron chi connectivity index (χ1n) is 3.75. The quantitative estimate of drug-likeness (QED) is 0.813. The molecule has 0 fully saturated rings. The topological polar surface area (TPSA) is 59.9 Å². The summed E-state index contributed by atoms with van der Waals surface area (Å²) >= 11 is 0.642. The van der Waals surface area contributed by atoms with Gasteiger partial charge in [-0.3, -0.25) is 0 Å². The first-order chi connectivity index (χ1) is 7.01. The summed E-state index contributed by atoms with van der Waals surface area (Å²) in [5.41, 5.74) is 0.307. The number of fused-ring (bicyclic) bond motifs is 1. The fourth-order valence-corrected chi connectivity index (χ4v) is 2.89. The third-order valence-corrected chi connectivity index (χ3v) is 4.39. The number of aromatic nitrogens is 2. The summed E-state index contributed by atoms with van der Waals surface area (Å²) in [5, 5.41) is 0. The van der Waals surface area contributed by atoms with E-state index < -0.39 is 19.9 Å². The summed E-state index contributed by atoms with van der Waals surface area (Å²) in [6, 6.07) is 3.07. The van der Waals surface area contributed by atoms with Crippen LogP contribution < -0.4 is 0 Å². The summed E-state index contributed by atoms with van der Waals surface area (Å²) < 4.78 is 45.9.